The molecule has 0 spiro atoms. The highest BCUT2D eigenvalue weighted by molar-refractivity contribution is 14.0. The Labute approximate surface area is 187 Å². The minimum atomic E-state index is -0.219. The molecule has 1 fully saturated rings. The number of nitrogens with one attached hydrogen (secondary N) is 1. The number of amides is 1. The lowest BCUT2D eigenvalue weighted by molar-refractivity contribution is -0.119. The van der Waals surface area contributed by atoms with E-state index < -0.39 is 0 Å². The number of rotatable bonds is 8. The number of hydrogen-bond acceptors (Lipinski definition) is 4. The van der Waals surface area contributed by atoms with E-state index in [1.54, 1.807) is 17.6 Å². The first kappa shape index (κ1) is 22.7. The number of guanidine groups is 1. The SMILES string of the molecule is I.NC(=O)CC1CCCN(C(=NCCc2cccs2)NCCc2ccco2)C1. The predicted molar refractivity (Wildman–Crippen MR) is 124 cm³/mol. The van der Waals surface area contributed by atoms with Gasteiger partial charge in [-0.25, -0.2) is 0 Å². The molecule has 6 nitrogen and oxygen atoms in total. The van der Waals surface area contributed by atoms with Crippen molar-refractivity contribution in [1.29, 1.82) is 0 Å². The summed E-state index contributed by atoms with van der Waals surface area (Å²) in [6.45, 7) is 3.30. The summed E-state index contributed by atoms with van der Waals surface area (Å²) in [4.78, 5) is 19.8. The van der Waals surface area contributed by atoms with E-state index in [0.29, 0.717) is 12.3 Å². The van der Waals surface area contributed by atoms with Gasteiger partial charge in [-0.3, -0.25) is 9.79 Å². The summed E-state index contributed by atoms with van der Waals surface area (Å²) in [5, 5.41) is 5.58. The number of hydrogen-bond donors (Lipinski definition) is 2. The fraction of sp³-hybridized carbons (Fsp3) is 0.500. The van der Waals surface area contributed by atoms with E-state index in [1.165, 1.54) is 4.88 Å². The van der Waals surface area contributed by atoms with Crippen LogP contribution < -0.4 is 11.1 Å². The molecule has 0 radical (unpaired) electrons. The number of aliphatic imine (C=N–C) groups is 1. The minimum absolute atomic E-state index is 0. The van der Waals surface area contributed by atoms with Gasteiger partial charge in [0.1, 0.15) is 5.76 Å². The minimum Gasteiger partial charge on any atom is -0.469 e. The highest BCUT2D eigenvalue weighted by Crippen LogP contribution is 2.19. The zero-order chi connectivity index (χ0) is 18.9. The third-order valence-corrected chi connectivity index (χ3v) is 5.68. The van der Waals surface area contributed by atoms with Crippen molar-refractivity contribution < 1.29 is 9.21 Å². The summed E-state index contributed by atoms with van der Waals surface area (Å²) in [6, 6.07) is 8.11. The average molecular weight is 516 g/mol. The molecule has 1 aliphatic heterocycles. The van der Waals surface area contributed by atoms with Gasteiger partial charge in [0, 0.05) is 50.3 Å². The Hall–Kier alpha value is -1.55. The van der Waals surface area contributed by atoms with Gasteiger partial charge in [-0.2, -0.15) is 0 Å². The smallest absolute Gasteiger partial charge is 0.217 e. The van der Waals surface area contributed by atoms with Crippen LogP contribution in [0.2, 0.25) is 0 Å². The molecule has 3 heterocycles. The van der Waals surface area contributed by atoms with Crippen LogP contribution in [-0.4, -0.2) is 42.9 Å². The molecule has 1 amide bonds. The molecule has 28 heavy (non-hydrogen) atoms. The Morgan fingerprint density at radius 1 is 1.36 bits per heavy atom. The molecule has 0 aliphatic carbocycles. The molecule has 0 bridgehead atoms. The Morgan fingerprint density at radius 3 is 2.96 bits per heavy atom. The van der Waals surface area contributed by atoms with Gasteiger partial charge in [-0.15, -0.1) is 35.3 Å². The van der Waals surface area contributed by atoms with Gasteiger partial charge in [0.2, 0.25) is 5.91 Å². The third-order valence-electron chi connectivity index (χ3n) is 4.74. The van der Waals surface area contributed by atoms with Crippen molar-refractivity contribution in [2.75, 3.05) is 26.2 Å². The van der Waals surface area contributed by atoms with Crippen molar-refractivity contribution in [3.05, 3.63) is 46.5 Å². The molecule has 3 N–H and O–H groups in total. The van der Waals surface area contributed by atoms with Crippen molar-refractivity contribution in [2.24, 2.45) is 16.6 Å². The molecule has 154 valence electrons. The molecule has 2 aromatic heterocycles. The molecule has 0 saturated carbocycles. The Balaban J connectivity index is 0.00000280. The van der Waals surface area contributed by atoms with Gasteiger partial charge in [-0.05, 0) is 42.3 Å². The summed E-state index contributed by atoms with van der Waals surface area (Å²) in [5.74, 6) is 1.98. The fourth-order valence-corrected chi connectivity index (χ4v) is 4.15. The summed E-state index contributed by atoms with van der Waals surface area (Å²) in [6.07, 6.45) is 6.01. The highest BCUT2D eigenvalue weighted by Gasteiger charge is 2.23. The predicted octanol–water partition coefficient (Wildman–Crippen LogP) is 3.28. The van der Waals surface area contributed by atoms with Crippen LogP contribution >= 0.6 is 35.3 Å². The normalized spacial score (nSPS) is 17.2. The Morgan fingerprint density at radius 2 is 2.25 bits per heavy atom. The van der Waals surface area contributed by atoms with E-state index in [9.17, 15) is 4.79 Å². The number of piperidine rings is 1. The molecule has 1 aliphatic rings. The molecule has 1 saturated heterocycles. The van der Waals surface area contributed by atoms with Gasteiger partial charge in [0.25, 0.3) is 0 Å². The van der Waals surface area contributed by atoms with E-state index in [1.807, 2.05) is 12.1 Å². The first-order valence-corrected chi connectivity index (χ1v) is 10.4. The van der Waals surface area contributed by atoms with Crippen LogP contribution in [0.15, 0.2) is 45.3 Å². The van der Waals surface area contributed by atoms with Crippen LogP contribution in [0, 0.1) is 5.92 Å². The number of likely N-dealkylation sites (tertiary alicyclic amines) is 1. The number of furan rings is 1. The van der Waals surface area contributed by atoms with Gasteiger partial charge in [0.15, 0.2) is 5.96 Å². The van der Waals surface area contributed by atoms with Gasteiger partial charge in [-0.1, -0.05) is 6.07 Å². The monoisotopic (exact) mass is 516 g/mol. The maximum absolute atomic E-state index is 11.3. The van der Waals surface area contributed by atoms with E-state index in [0.717, 1.165) is 63.6 Å². The quantitative estimate of drug-likeness (QED) is 0.321. The van der Waals surface area contributed by atoms with E-state index in [4.69, 9.17) is 15.1 Å². The Bertz CT molecular complexity index is 719. The van der Waals surface area contributed by atoms with E-state index >= 15 is 0 Å². The third kappa shape index (κ3) is 7.46. The van der Waals surface area contributed by atoms with Crippen LogP contribution in [0.3, 0.4) is 0 Å². The van der Waals surface area contributed by atoms with Gasteiger partial charge in [0.05, 0.1) is 6.26 Å². The lowest BCUT2D eigenvalue weighted by Crippen LogP contribution is -2.47. The topological polar surface area (TPSA) is 83.9 Å². The first-order chi connectivity index (χ1) is 13.2. The molecule has 1 unspecified atom stereocenters. The van der Waals surface area contributed by atoms with E-state index in [-0.39, 0.29) is 29.9 Å². The fourth-order valence-electron chi connectivity index (χ4n) is 3.46. The molecular weight excluding hydrogens is 487 g/mol. The lowest BCUT2D eigenvalue weighted by atomic mass is 9.95. The largest absolute Gasteiger partial charge is 0.469 e. The van der Waals surface area contributed by atoms with Crippen LogP contribution in [-0.2, 0) is 17.6 Å². The number of carbonyl (C=O) groups is 1. The molecule has 8 heteroatoms. The molecular formula is C20H29IN4O2S. The number of halogens is 1. The van der Waals surface area contributed by atoms with Crippen LogP contribution in [0.25, 0.3) is 0 Å². The van der Waals surface area contributed by atoms with Crippen molar-refractivity contribution in [3.63, 3.8) is 0 Å². The van der Waals surface area contributed by atoms with Crippen molar-refractivity contribution in [1.82, 2.24) is 10.2 Å². The number of carbonyl (C=O) groups excluding carboxylic acids is 1. The average Bonchev–Trinajstić information content (AvgIpc) is 3.34. The van der Waals surface area contributed by atoms with Gasteiger partial charge < -0.3 is 20.4 Å². The second kappa shape index (κ2) is 12.1. The highest BCUT2D eigenvalue weighted by atomic mass is 127. The van der Waals surface area contributed by atoms with E-state index in [2.05, 4.69) is 27.7 Å². The second-order valence-electron chi connectivity index (χ2n) is 6.92. The van der Waals surface area contributed by atoms with Crippen molar-refractivity contribution in [2.45, 2.75) is 32.1 Å². The summed E-state index contributed by atoms with van der Waals surface area (Å²) in [5.41, 5.74) is 5.40. The van der Waals surface area contributed by atoms with Crippen LogP contribution in [0.4, 0.5) is 0 Å². The zero-order valence-corrected chi connectivity index (χ0v) is 19.2. The number of nitrogens with zero attached hydrogens (tertiary/aromatic N) is 2. The number of thiophene rings is 1. The lowest BCUT2D eigenvalue weighted by Gasteiger charge is -2.34. The summed E-state index contributed by atoms with van der Waals surface area (Å²) >= 11 is 1.77. The maximum atomic E-state index is 11.3. The van der Waals surface area contributed by atoms with Crippen molar-refractivity contribution in [3.8, 4) is 0 Å². The second-order valence-corrected chi connectivity index (χ2v) is 7.95. The molecule has 1 atom stereocenters. The number of primary amides is 1. The maximum Gasteiger partial charge on any atom is 0.217 e. The molecule has 3 rings (SSSR count). The Kier molecular flexibility index (Phi) is 9.83. The van der Waals surface area contributed by atoms with Crippen LogP contribution in [0.5, 0.6) is 0 Å². The summed E-state index contributed by atoms with van der Waals surface area (Å²) < 4.78 is 5.41. The van der Waals surface area contributed by atoms with Crippen molar-refractivity contribution >= 4 is 47.2 Å². The number of nitrogens with two attached hydrogens (primary N) is 1. The molecule has 0 aromatic carbocycles. The standard InChI is InChI=1S/C20H28N4O2S.HI/c21-19(25)14-16-4-1-11-24(15-16)20(22-9-7-17-5-2-12-26-17)23-10-8-18-6-3-13-27-18;/h2-3,5-6,12-13,16H,1,4,7-11,14-15H2,(H2,21,25)(H,22,23);1H. The first-order valence-electron chi connectivity index (χ1n) is 9.57. The van der Waals surface area contributed by atoms with Gasteiger partial charge >= 0.3 is 0 Å². The molecule has 2 aromatic rings. The van der Waals surface area contributed by atoms with Crippen LogP contribution in [0.1, 0.15) is 29.9 Å². The summed E-state index contributed by atoms with van der Waals surface area (Å²) in [7, 11) is 0. The zero-order valence-electron chi connectivity index (χ0n) is 16.0.